The van der Waals surface area contributed by atoms with Gasteiger partial charge in [-0.15, -0.1) is 0 Å². The highest BCUT2D eigenvalue weighted by atomic mass is 19.1. The number of aliphatic hydroxyl groups excluding tert-OH is 1. The highest BCUT2D eigenvalue weighted by Gasteiger charge is 2.04. The normalized spacial score (nSPS) is 13.2. The van der Waals surface area contributed by atoms with Crippen molar-refractivity contribution >= 4 is 0 Å². The first kappa shape index (κ1) is 10.1. The highest BCUT2D eigenvalue weighted by Crippen LogP contribution is 1.99. The number of halogens is 1. The molecule has 0 aliphatic carbocycles. The molecule has 13 heavy (non-hydrogen) atoms. The summed E-state index contributed by atoms with van der Waals surface area (Å²) in [7, 11) is 0. The van der Waals surface area contributed by atoms with Crippen LogP contribution in [0.4, 0.5) is 4.39 Å². The predicted octanol–water partition coefficient (Wildman–Crippen LogP) is -0.285. The van der Waals surface area contributed by atoms with Gasteiger partial charge in [-0.25, -0.2) is 9.37 Å². The number of imidazole rings is 1. The summed E-state index contributed by atoms with van der Waals surface area (Å²) in [4.78, 5) is 4.03. The van der Waals surface area contributed by atoms with Crippen LogP contribution in [-0.2, 0) is 13.0 Å². The van der Waals surface area contributed by atoms with Crippen molar-refractivity contribution in [2.24, 2.45) is 5.73 Å². The second kappa shape index (κ2) is 4.94. The van der Waals surface area contributed by atoms with E-state index in [0.717, 1.165) is 5.69 Å². The maximum absolute atomic E-state index is 11.9. The number of nitrogens with two attached hydrogens (primary N) is 1. The van der Waals surface area contributed by atoms with E-state index >= 15 is 0 Å². The lowest BCUT2D eigenvalue weighted by Gasteiger charge is -2.03. The van der Waals surface area contributed by atoms with Crippen LogP contribution in [0.1, 0.15) is 5.69 Å². The van der Waals surface area contributed by atoms with Gasteiger partial charge in [-0.1, -0.05) is 0 Å². The summed E-state index contributed by atoms with van der Waals surface area (Å²) in [6.07, 6.45) is 3.84. The van der Waals surface area contributed by atoms with Gasteiger partial charge < -0.3 is 15.4 Å². The van der Waals surface area contributed by atoms with Crippen LogP contribution in [0.2, 0.25) is 0 Å². The van der Waals surface area contributed by atoms with Crippen molar-refractivity contribution in [3.05, 3.63) is 18.2 Å². The predicted molar refractivity (Wildman–Crippen MR) is 47.0 cm³/mol. The Labute approximate surface area is 76.2 Å². The second-order valence-corrected chi connectivity index (χ2v) is 2.94. The standard InChI is InChI=1S/C8H14FN3O/c9-1-2-12-4-8(11-6-12)3-7(10)5-13/h4,6-7,13H,1-3,5,10H2/t7-/m1/s1. The Morgan fingerprint density at radius 2 is 2.46 bits per heavy atom. The molecule has 0 saturated heterocycles. The minimum absolute atomic E-state index is 0.0596. The third kappa shape index (κ3) is 3.12. The Hall–Kier alpha value is -0.940. The summed E-state index contributed by atoms with van der Waals surface area (Å²) in [6.45, 7) is -0.140. The summed E-state index contributed by atoms with van der Waals surface area (Å²) in [5, 5.41) is 8.69. The van der Waals surface area contributed by atoms with E-state index < -0.39 is 6.67 Å². The molecule has 3 N–H and O–H groups in total. The van der Waals surface area contributed by atoms with Gasteiger partial charge in [0.2, 0.25) is 0 Å². The van der Waals surface area contributed by atoms with Gasteiger partial charge in [-0.2, -0.15) is 0 Å². The number of nitrogens with zero attached hydrogens (tertiary/aromatic N) is 2. The molecule has 1 rings (SSSR count). The fourth-order valence-electron chi connectivity index (χ4n) is 1.06. The van der Waals surface area contributed by atoms with Crippen LogP contribution in [0.25, 0.3) is 0 Å². The molecule has 0 saturated carbocycles. The van der Waals surface area contributed by atoms with Crippen molar-refractivity contribution in [1.82, 2.24) is 9.55 Å². The number of hydrogen-bond donors (Lipinski definition) is 2. The van der Waals surface area contributed by atoms with Crippen molar-refractivity contribution in [3.63, 3.8) is 0 Å². The molecule has 0 radical (unpaired) electrons. The summed E-state index contributed by atoms with van der Waals surface area (Å²) >= 11 is 0. The Balaban J connectivity index is 2.48. The summed E-state index contributed by atoms with van der Waals surface area (Å²) in [6, 6.07) is -0.284. The Kier molecular flexibility index (Phi) is 3.85. The smallest absolute Gasteiger partial charge is 0.107 e. The van der Waals surface area contributed by atoms with Gasteiger partial charge in [0, 0.05) is 18.7 Å². The van der Waals surface area contributed by atoms with Crippen LogP contribution in [-0.4, -0.2) is 34.0 Å². The van der Waals surface area contributed by atoms with Crippen LogP contribution in [0.3, 0.4) is 0 Å². The number of aryl methyl sites for hydroxylation is 1. The fourth-order valence-corrected chi connectivity index (χ4v) is 1.06. The molecule has 74 valence electrons. The first-order valence-corrected chi connectivity index (χ1v) is 4.19. The van der Waals surface area contributed by atoms with E-state index in [0.29, 0.717) is 13.0 Å². The van der Waals surface area contributed by atoms with E-state index in [9.17, 15) is 4.39 Å². The molecule has 0 amide bonds. The molecule has 0 aromatic carbocycles. The third-order valence-electron chi connectivity index (χ3n) is 1.74. The lowest BCUT2D eigenvalue weighted by molar-refractivity contribution is 0.264. The van der Waals surface area contributed by atoms with Gasteiger partial charge in [0.15, 0.2) is 0 Å². The lowest BCUT2D eigenvalue weighted by Crippen LogP contribution is -2.26. The number of alkyl halides is 1. The highest BCUT2D eigenvalue weighted by molar-refractivity contribution is 4.99. The minimum Gasteiger partial charge on any atom is -0.395 e. The molecule has 0 aliphatic heterocycles. The Bertz CT molecular complexity index is 251. The zero-order chi connectivity index (χ0) is 9.68. The van der Waals surface area contributed by atoms with Gasteiger partial charge in [0.25, 0.3) is 0 Å². The summed E-state index contributed by atoms with van der Waals surface area (Å²) < 4.78 is 13.6. The van der Waals surface area contributed by atoms with Crippen LogP contribution < -0.4 is 5.73 Å². The number of rotatable bonds is 5. The second-order valence-electron chi connectivity index (χ2n) is 2.94. The zero-order valence-electron chi connectivity index (χ0n) is 7.36. The topological polar surface area (TPSA) is 64.1 Å². The molecule has 0 aliphatic rings. The lowest BCUT2D eigenvalue weighted by atomic mass is 10.2. The van der Waals surface area contributed by atoms with Gasteiger partial charge >= 0.3 is 0 Å². The van der Waals surface area contributed by atoms with Crippen LogP contribution in [0, 0.1) is 0 Å². The number of aliphatic hydroxyl groups is 1. The van der Waals surface area contributed by atoms with E-state index in [1.807, 2.05) is 0 Å². The first-order chi connectivity index (χ1) is 6.26. The fraction of sp³-hybridized carbons (Fsp3) is 0.625. The quantitative estimate of drug-likeness (QED) is 0.666. The van der Waals surface area contributed by atoms with Crippen molar-refractivity contribution in [2.75, 3.05) is 13.3 Å². The van der Waals surface area contributed by atoms with Crippen molar-refractivity contribution < 1.29 is 9.50 Å². The summed E-state index contributed by atoms with van der Waals surface area (Å²) in [5.74, 6) is 0. The number of aromatic nitrogens is 2. The van der Waals surface area contributed by atoms with E-state index in [1.165, 1.54) is 0 Å². The maximum atomic E-state index is 11.9. The van der Waals surface area contributed by atoms with Gasteiger partial charge in [-0.3, -0.25) is 0 Å². The summed E-state index contributed by atoms with van der Waals surface area (Å²) in [5.41, 5.74) is 6.30. The van der Waals surface area contributed by atoms with Gasteiger partial charge in [-0.05, 0) is 0 Å². The molecule has 1 aromatic heterocycles. The molecule has 0 spiro atoms. The van der Waals surface area contributed by atoms with Crippen molar-refractivity contribution in [3.8, 4) is 0 Å². The molecule has 0 fully saturated rings. The molecule has 0 bridgehead atoms. The molecule has 1 aromatic rings. The van der Waals surface area contributed by atoms with E-state index in [-0.39, 0.29) is 12.6 Å². The molecule has 0 unspecified atom stereocenters. The molecule has 1 heterocycles. The van der Waals surface area contributed by atoms with Gasteiger partial charge in [0.05, 0.1) is 25.2 Å². The van der Waals surface area contributed by atoms with Crippen molar-refractivity contribution in [1.29, 1.82) is 0 Å². The molecular formula is C8H14FN3O. The number of hydrogen-bond acceptors (Lipinski definition) is 3. The Morgan fingerprint density at radius 1 is 1.69 bits per heavy atom. The monoisotopic (exact) mass is 187 g/mol. The van der Waals surface area contributed by atoms with Gasteiger partial charge in [0.1, 0.15) is 6.67 Å². The van der Waals surface area contributed by atoms with Crippen molar-refractivity contribution in [2.45, 2.75) is 19.0 Å². The first-order valence-electron chi connectivity index (χ1n) is 4.19. The van der Waals surface area contributed by atoms with Crippen LogP contribution >= 0.6 is 0 Å². The zero-order valence-corrected chi connectivity index (χ0v) is 7.36. The SMILES string of the molecule is N[C@@H](CO)Cc1cn(CCF)cn1. The molecule has 1 atom stereocenters. The third-order valence-corrected chi connectivity index (χ3v) is 1.74. The average molecular weight is 187 g/mol. The van der Waals surface area contributed by atoms with E-state index in [4.69, 9.17) is 10.8 Å². The average Bonchev–Trinajstić information content (AvgIpc) is 2.53. The molecule has 4 nitrogen and oxygen atoms in total. The van der Waals surface area contributed by atoms with Crippen LogP contribution in [0.5, 0.6) is 0 Å². The minimum atomic E-state index is -0.401. The van der Waals surface area contributed by atoms with E-state index in [1.54, 1.807) is 17.1 Å². The Morgan fingerprint density at radius 3 is 3.08 bits per heavy atom. The van der Waals surface area contributed by atoms with Crippen LogP contribution in [0.15, 0.2) is 12.5 Å². The maximum Gasteiger partial charge on any atom is 0.107 e. The largest absolute Gasteiger partial charge is 0.395 e. The molecule has 5 heteroatoms. The van der Waals surface area contributed by atoms with E-state index in [2.05, 4.69) is 4.98 Å². The molecular weight excluding hydrogens is 173 g/mol.